The summed E-state index contributed by atoms with van der Waals surface area (Å²) in [6, 6.07) is 10.3. The van der Waals surface area contributed by atoms with E-state index in [0.29, 0.717) is 0 Å². The molecule has 0 unspecified atom stereocenters. The number of fused-ring (bicyclic) bond motifs is 2. The number of hydrogen-bond acceptors (Lipinski definition) is 7. The van der Waals surface area contributed by atoms with Crippen LogP contribution in [-0.2, 0) is 6.54 Å². The monoisotopic (exact) mass is 533 g/mol. The van der Waals surface area contributed by atoms with Gasteiger partial charge in [0.1, 0.15) is 5.69 Å². The van der Waals surface area contributed by atoms with Crippen molar-refractivity contribution in [3.05, 3.63) is 71.8 Å². The summed E-state index contributed by atoms with van der Waals surface area (Å²) in [4.78, 5) is 33.3. The molecule has 1 fully saturated rings. The molecule has 0 bridgehead atoms. The predicted molar refractivity (Wildman–Crippen MR) is 155 cm³/mol. The number of thiophene rings is 1. The fourth-order valence-corrected chi connectivity index (χ4v) is 6.35. The highest BCUT2D eigenvalue weighted by atomic mass is 32.1. The minimum Gasteiger partial charge on any atom is -0.352 e. The van der Waals surface area contributed by atoms with Crippen molar-refractivity contribution in [3.8, 4) is 33.0 Å². The second-order valence-corrected chi connectivity index (χ2v) is 11.2. The fraction of sp³-hybridized carbons (Fsp3) is 0.233. The van der Waals surface area contributed by atoms with E-state index in [4.69, 9.17) is 0 Å². The van der Waals surface area contributed by atoms with Crippen molar-refractivity contribution in [1.82, 2.24) is 35.0 Å². The van der Waals surface area contributed by atoms with Crippen LogP contribution in [0.5, 0.6) is 0 Å². The Kier molecular flexibility index (Phi) is 6.02. The second kappa shape index (κ2) is 9.83. The molecule has 6 aromatic heterocycles. The van der Waals surface area contributed by atoms with Gasteiger partial charge in [-0.2, -0.15) is 5.10 Å². The fourth-order valence-electron chi connectivity index (χ4n) is 5.42. The van der Waals surface area contributed by atoms with Gasteiger partial charge < -0.3 is 4.98 Å². The maximum absolute atomic E-state index is 11.8. The number of Topliss-reactive ketones (excluding diaryl/α,β-unsaturated/α-hetero) is 1. The molecule has 6 aromatic rings. The van der Waals surface area contributed by atoms with E-state index in [0.717, 1.165) is 79.4 Å². The van der Waals surface area contributed by atoms with Crippen LogP contribution in [0.25, 0.3) is 54.9 Å². The Labute approximate surface area is 229 Å². The van der Waals surface area contributed by atoms with Gasteiger partial charge in [-0.3, -0.25) is 24.8 Å². The highest BCUT2D eigenvalue weighted by Gasteiger charge is 2.17. The number of likely N-dealkylation sites (tertiary alicyclic amines) is 1. The van der Waals surface area contributed by atoms with Crippen molar-refractivity contribution < 1.29 is 4.79 Å². The van der Waals surface area contributed by atoms with Crippen LogP contribution in [0.1, 0.15) is 41.4 Å². The van der Waals surface area contributed by atoms with Crippen LogP contribution >= 0.6 is 11.3 Å². The molecular formula is C30H27N7OS. The largest absolute Gasteiger partial charge is 0.352 e. The van der Waals surface area contributed by atoms with Gasteiger partial charge in [-0.15, -0.1) is 11.3 Å². The van der Waals surface area contributed by atoms with Crippen LogP contribution in [0, 0.1) is 0 Å². The first-order chi connectivity index (χ1) is 19.1. The first-order valence-electron chi connectivity index (χ1n) is 13.2. The van der Waals surface area contributed by atoms with Crippen molar-refractivity contribution in [1.29, 1.82) is 0 Å². The Morgan fingerprint density at radius 3 is 2.64 bits per heavy atom. The zero-order valence-corrected chi connectivity index (χ0v) is 22.4. The molecule has 0 radical (unpaired) electrons. The van der Waals surface area contributed by atoms with Crippen molar-refractivity contribution >= 4 is 39.1 Å². The molecule has 1 aliphatic rings. The molecule has 0 atom stereocenters. The summed E-state index contributed by atoms with van der Waals surface area (Å²) < 4.78 is 0. The second-order valence-electron chi connectivity index (χ2n) is 10.2. The average Bonchev–Trinajstić information content (AvgIpc) is 3.71. The molecule has 8 nitrogen and oxygen atoms in total. The number of carbonyl (C=O) groups is 1. The number of H-pyrrole nitrogens is 2. The number of carbonyl (C=O) groups excluding carboxylic acids is 1. The first-order valence-corrected chi connectivity index (χ1v) is 14.0. The molecule has 9 heteroatoms. The zero-order chi connectivity index (χ0) is 26.3. The number of aromatic amines is 2. The summed E-state index contributed by atoms with van der Waals surface area (Å²) in [5.41, 5.74) is 7.59. The van der Waals surface area contributed by atoms with Gasteiger partial charge in [0.05, 0.1) is 22.3 Å². The predicted octanol–water partition coefficient (Wildman–Crippen LogP) is 6.48. The van der Waals surface area contributed by atoms with Gasteiger partial charge in [0, 0.05) is 63.7 Å². The average molecular weight is 534 g/mol. The molecular weight excluding hydrogens is 506 g/mol. The number of aromatic nitrogens is 6. The van der Waals surface area contributed by atoms with E-state index in [2.05, 4.69) is 53.2 Å². The SMILES string of the molecule is CC(=O)c1ccc(-c2cncc3[nH]c(-c4n[nH]c5ncc(-c6cncc(CN7CCCCC7)c6)cc45)cc23)s1. The van der Waals surface area contributed by atoms with E-state index in [1.807, 2.05) is 43.1 Å². The number of hydrogen-bond donors (Lipinski definition) is 2. The van der Waals surface area contributed by atoms with Gasteiger partial charge in [0.2, 0.25) is 0 Å². The van der Waals surface area contributed by atoms with E-state index in [1.165, 1.54) is 36.2 Å². The van der Waals surface area contributed by atoms with E-state index in [9.17, 15) is 4.79 Å². The lowest BCUT2D eigenvalue weighted by atomic mass is 10.0. The molecule has 2 N–H and O–H groups in total. The summed E-state index contributed by atoms with van der Waals surface area (Å²) in [6.45, 7) is 4.83. The Morgan fingerprint density at radius 2 is 1.79 bits per heavy atom. The Morgan fingerprint density at radius 1 is 0.949 bits per heavy atom. The number of piperidine rings is 1. The summed E-state index contributed by atoms with van der Waals surface area (Å²) in [5, 5.41) is 9.67. The third-order valence-corrected chi connectivity index (χ3v) is 8.64. The van der Waals surface area contributed by atoms with E-state index < -0.39 is 0 Å². The third-order valence-electron chi connectivity index (χ3n) is 7.42. The molecule has 0 aliphatic carbocycles. The smallest absolute Gasteiger partial charge is 0.169 e. The number of ketones is 1. The molecule has 39 heavy (non-hydrogen) atoms. The molecule has 0 saturated carbocycles. The molecule has 0 aromatic carbocycles. The third kappa shape index (κ3) is 4.53. The van der Waals surface area contributed by atoms with Crippen molar-refractivity contribution in [2.45, 2.75) is 32.7 Å². The van der Waals surface area contributed by atoms with Crippen LogP contribution in [-0.4, -0.2) is 53.9 Å². The van der Waals surface area contributed by atoms with Gasteiger partial charge in [0.25, 0.3) is 0 Å². The van der Waals surface area contributed by atoms with Gasteiger partial charge >= 0.3 is 0 Å². The maximum atomic E-state index is 11.8. The molecule has 1 saturated heterocycles. The van der Waals surface area contributed by atoms with Crippen molar-refractivity contribution in [2.24, 2.45) is 0 Å². The van der Waals surface area contributed by atoms with Crippen molar-refractivity contribution in [3.63, 3.8) is 0 Å². The quantitative estimate of drug-likeness (QED) is 0.238. The van der Waals surface area contributed by atoms with Gasteiger partial charge in [-0.05, 0) is 68.8 Å². The molecule has 1 aliphatic heterocycles. The van der Waals surface area contributed by atoms with Crippen molar-refractivity contribution in [2.75, 3.05) is 13.1 Å². The van der Waals surface area contributed by atoms with Gasteiger partial charge in [-0.1, -0.05) is 6.42 Å². The number of rotatable bonds is 6. The molecule has 7 heterocycles. The van der Waals surface area contributed by atoms with Gasteiger partial charge in [-0.25, -0.2) is 4.98 Å². The number of nitrogens with one attached hydrogen (secondary N) is 2. The first kappa shape index (κ1) is 23.9. The van der Waals surface area contributed by atoms with Crippen LogP contribution in [0.15, 0.2) is 61.3 Å². The van der Waals surface area contributed by atoms with E-state index in [-0.39, 0.29) is 5.78 Å². The molecule has 0 amide bonds. The highest BCUT2D eigenvalue weighted by molar-refractivity contribution is 7.17. The lowest BCUT2D eigenvalue weighted by Crippen LogP contribution is -2.29. The summed E-state index contributed by atoms with van der Waals surface area (Å²) in [6.07, 6.45) is 13.3. The summed E-state index contributed by atoms with van der Waals surface area (Å²) >= 11 is 1.49. The summed E-state index contributed by atoms with van der Waals surface area (Å²) in [5.74, 6) is 0.0691. The Bertz CT molecular complexity index is 1830. The Hall–Kier alpha value is -4.21. The highest BCUT2D eigenvalue weighted by Crippen LogP contribution is 2.36. The molecule has 194 valence electrons. The number of pyridine rings is 3. The maximum Gasteiger partial charge on any atom is 0.169 e. The van der Waals surface area contributed by atoms with Gasteiger partial charge in [0.15, 0.2) is 11.4 Å². The van der Waals surface area contributed by atoms with E-state index in [1.54, 1.807) is 6.92 Å². The topological polar surface area (TPSA) is 103 Å². The Balaban J connectivity index is 1.25. The lowest BCUT2D eigenvalue weighted by Gasteiger charge is -2.26. The molecule has 0 spiro atoms. The number of nitrogens with zero attached hydrogens (tertiary/aromatic N) is 5. The lowest BCUT2D eigenvalue weighted by molar-refractivity contribution is 0.102. The van der Waals surface area contributed by atoms with Crippen LogP contribution in [0.3, 0.4) is 0 Å². The van der Waals surface area contributed by atoms with Crippen LogP contribution < -0.4 is 0 Å². The van der Waals surface area contributed by atoms with Crippen LogP contribution in [0.4, 0.5) is 0 Å². The minimum atomic E-state index is 0.0691. The zero-order valence-electron chi connectivity index (χ0n) is 21.6. The normalized spacial score (nSPS) is 14.4. The van der Waals surface area contributed by atoms with Crippen LogP contribution in [0.2, 0.25) is 0 Å². The minimum absolute atomic E-state index is 0.0691. The standard InChI is InChI=1S/C30H27N7OS/c1-18(38)27-5-6-28(39-27)24-15-32-16-26-22(24)11-25(34-26)29-23-10-21(14-33-30(23)36-35-29)20-9-19(12-31-13-20)17-37-7-3-2-4-8-37/h5-6,9-16,34H,2-4,7-8,17H2,1H3,(H,33,35,36). The molecule has 7 rings (SSSR count). The summed E-state index contributed by atoms with van der Waals surface area (Å²) in [7, 11) is 0. The van der Waals surface area contributed by atoms with E-state index >= 15 is 0 Å².